The molecule has 5 heterocycles. The third-order valence-corrected chi connectivity index (χ3v) is 7.38. The summed E-state index contributed by atoms with van der Waals surface area (Å²) in [5.74, 6) is 1.78. The molecule has 5 aromatic rings. The van der Waals surface area contributed by atoms with Crippen molar-refractivity contribution in [2.75, 3.05) is 33.7 Å². The van der Waals surface area contributed by atoms with E-state index in [1.165, 1.54) is 5.56 Å². The number of benzene rings is 1. The quantitative estimate of drug-likeness (QED) is 0.343. The lowest BCUT2D eigenvalue weighted by Gasteiger charge is -2.31. The molecule has 4 aromatic heterocycles. The normalized spacial score (nSPS) is 14.9. The van der Waals surface area contributed by atoms with E-state index in [-0.39, 0.29) is 17.7 Å². The zero-order valence-corrected chi connectivity index (χ0v) is 22.2. The highest BCUT2D eigenvalue weighted by molar-refractivity contribution is 5.99. The molecule has 1 saturated heterocycles. The molecule has 1 fully saturated rings. The fraction of sp³-hybridized carbons (Fsp3) is 0.393. The summed E-state index contributed by atoms with van der Waals surface area (Å²) in [7, 11) is 3.83. The summed E-state index contributed by atoms with van der Waals surface area (Å²) < 4.78 is 6.19. The van der Waals surface area contributed by atoms with Gasteiger partial charge in [-0.2, -0.15) is 5.10 Å². The van der Waals surface area contributed by atoms with Crippen LogP contribution >= 0.6 is 0 Å². The number of nitrogens with zero attached hydrogens (tertiary/aromatic N) is 6. The minimum absolute atomic E-state index is 0.164. The van der Waals surface area contributed by atoms with Gasteiger partial charge in [-0.1, -0.05) is 13.8 Å². The third kappa shape index (κ3) is 4.34. The molecule has 2 N–H and O–H groups in total. The summed E-state index contributed by atoms with van der Waals surface area (Å²) in [5, 5.41) is 18.1. The van der Waals surface area contributed by atoms with Gasteiger partial charge in [0.1, 0.15) is 0 Å². The number of likely N-dealkylation sites (tertiary alicyclic amines) is 1. The molecule has 1 aliphatic heterocycles. The molecule has 0 bridgehead atoms. The zero-order valence-electron chi connectivity index (χ0n) is 22.2. The first-order valence-electron chi connectivity index (χ1n) is 13.1. The fourth-order valence-corrected chi connectivity index (χ4v) is 5.49. The van der Waals surface area contributed by atoms with Crippen LogP contribution in [0.5, 0.6) is 0 Å². The van der Waals surface area contributed by atoms with E-state index >= 15 is 0 Å². The van der Waals surface area contributed by atoms with Gasteiger partial charge in [0.15, 0.2) is 5.65 Å². The lowest BCUT2D eigenvalue weighted by Crippen LogP contribution is -2.42. The van der Waals surface area contributed by atoms with Crippen LogP contribution in [-0.4, -0.2) is 79.8 Å². The van der Waals surface area contributed by atoms with E-state index in [0.717, 1.165) is 51.6 Å². The summed E-state index contributed by atoms with van der Waals surface area (Å²) in [6, 6.07) is 8.26. The van der Waals surface area contributed by atoms with Gasteiger partial charge in [-0.25, -0.2) is 4.98 Å². The number of hydrogen-bond donors (Lipinski definition) is 2. The van der Waals surface area contributed by atoms with Crippen LogP contribution < -0.4 is 0 Å². The molecular formula is C28H32N8O2. The van der Waals surface area contributed by atoms with Crippen LogP contribution in [0.15, 0.2) is 41.1 Å². The van der Waals surface area contributed by atoms with Gasteiger partial charge in [-0.3, -0.25) is 9.89 Å². The van der Waals surface area contributed by atoms with Crippen molar-refractivity contribution < 1.29 is 9.21 Å². The Labute approximate surface area is 220 Å². The van der Waals surface area contributed by atoms with Gasteiger partial charge in [0.2, 0.25) is 17.7 Å². The van der Waals surface area contributed by atoms with E-state index in [1.54, 1.807) is 6.20 Å². The maximum absolute atomic E-state index is 12.4. The molecule has 0 saturated carbocycles. The Morgan fingerprint density at radius 1 is 1.16 bits per heavy atom. The van der Waals surface area contributed by atoms with E-state index in [1.807, 2.05) is 42.2 Å². The second-order valence-electron chi connectivity index (χ2n) is 10.7. The predicted octanol–water partition coefficient (Wildman–Crippen LogP) is 4.55. The van der Waals surface area contributed by atoms with Crippen molar-refractivity contribution in [3.8, 4) is 22.7 Å². The van der Waals surface area contributed by atoms with Crippen LogP contribution in [0.25, 0.3) is 44.6 Å². The summed E-state index contributed by atoms with van der Waals surface area (Å²) >= 11 is 0. The number of nitrogens with one attached hydrogen (secondary N) is 2. The summed E-state index contributed by atoms with van der Waals surface area (Å²) in [5.41, 5.74) is 6.08. The molecule has 196 valence electrons. The highest BCUT2D eigenvalue weighted by atomic mass is 16.4. The number of piperidine rings is 1. The van der Waals surface area contributed by atoms with Crippen LogP contribution in [0.1, 0.15) is 50.0 Å². The molecule has 1 aromatic carbocycles. The SMILES string of the molecule is CC(C)c1c(-c2ccnc3[nH]ncc23)[nH]c2ccc(-c3nnc(C4CCN(C(=O)CN(C)C)CC4)o3)cc12. The molecule has 10 nitrogen and oxygen atoms in total. The molecule has 0 spiro atoms. The largest absolute Gasteiger partial charge is 0.420 e. The van der Waals surface area contributed by atoms with Gasteiger partial charge in [0.05, 0.1) is 18.4 Å². The first-order valence-corrected chi connectivity index (χ1v) is 13.1. The Bertz CT molecular complexity index is 1600. The number of aromatic amines is 2. The van der Waals surface area contributed by atoms with Crippen molar-refractivity contribution in [2.45, 2.75) is 38.5 Å². The second-order valence-corrected chi connectivity index (χ2v) is 10.7. The number of aromatic nitrogens is 6. The number of fused-ring (bicyclic) bond motifs is 2. The van der Waals surface area contributed by atoms with Gasteiger partial charge in [-0.05, 0) is 62.7 Å². The average Bonchev–Trinajstić information content (AvgIpc) is 3.66. The van der Waals surface area contributed by atoms with E-state index in [0.29, 0.717) is 31.4 Å². The van der Waals surface area contributed by atoms with Crippen LogP contribution in [0, 0.1) is 0 Å². The maximum Gasteiger partial charge on any atom is 0.247 e. The van der Waals surface area contributed by atoms with Crippen LogP contribution in [0.2, 0.25) is 0 Å². The van der Waals surface area contributed by atoms with E-state index in [4.69, 9.17) is 4.42 Å². The lowest BCUT2D eigenvalue weighted by molar-refractivity contribution is -0.132. The number of H-pyrrole nitrogens is 2. The number of rotatable bonds is 6. The first-order chi connectivity index (χ1) is 18.4. The highest BCUT2D eigenvalue weighted by Gasteiger charge is 2.28. The van der Waals surface area contributed by atoms with Crippen molar-refractivity contribution >= 4 is 27.8 Å². The second kappa shape index (κ2) is 9.68. The number of likely N-dealkylation sites (N-methyl/N-ethyl adjacent to an activating group) is 1. The van der Waals surface area contributed by atoms with Crippen molar-refractivity contribution in [1.29, 1.82) is 0 Å². The number of amides is 1. The number of hydrogen-bond acceptors (Lipinski definition) is 7. The lowest BCUT2D eigenvalue weighted by atomic mass is 9.95. The van der Waals surface area contributed by atoms with E-state index in [2.05, 4.69) is 56.3 Å². The Morgan fingerprint density at radius 3 is 2.74 bits per heavy atom. The van der Waals surface area contributed by atoms with Crippen molar-refractivity contribution in [1.82, 2.24) is 40.2 Å². The van der Waals surface area contributed by atoms with Gasteiger partial charge >= 0.3 is 0 Å². The van der Waals surface area contributed by atoms with Crippen molar-refractivity contribution in [2.24, 2.45) is 0 Å². The van der Waals surface area contributed by atoms with Gasteiger partial charge < -0.3 is 19.2 Å². The highest BCUT2D eigenvalue weighted by Crippen LogP contribution is 2.39. The Morgan fingerprint density at radius 2 is 1.97 bits per heavy atom. The summed E-state index contributed by atoms with van der Waals surface area (Å²) in [6.07, 6.45) is 5.28. The molecule has 0 radical (unpaired) electrons. The number of carbonyl (C=O) groups excluding carboxylic acids is 1. The molecule has 10 heteroatoms. The molecule has 0 atom stereocenters. The van der Waals surface area contributed by atoms with Crippen LogP contribution in [0.4, 0.5) is 0 Å². The Balaban J connectivity index is 1.28. The fourth-order valence-electron chi connectivity index (χ4n) is 5.49. The topological polar surface area (TPSA) is 120 Å². The van der Waals surface area contributed by atoms with Gasteiger partial charge in [0, 0.05) is 52.6 Å². The standard InChI is InChI=1S/C28H32N8O2/c1-16(2)24-20-13-18(5-6-22(20)31-25(24)19-7-10-29-26-21(19)14-30-32-26)28-34-33-27(38-28)17-8-11-36(12-9-17)23(37)15-35(3)4/h5-7,10,13-14,16-17,31H,8-9,11-12,15H2,1-4H3,(H,29,30,32). The average molecular weight is 513 g/mol. The summed E-state index contributed by atoms with van der Waals surface area (Å²) in [6.45, 7) is 6.26. The van der Waals surface area contributed by atoms with Gasteiger partial charge in [0.25, 0.3) is 0 Å². The Kier molecular flexibility index (Phi) is 6.19. The predicted molar refractivity (Wildman–Crippen MR) is 146 cm³/mol. The monoisotopic (exact) mass is 512 g/mol. The molecule has 6 rings (SSSR count). The number of pyridine rings is 1. The molecule has 38 heavy (non-hydrogen) atoms. The minimum Gasteiger partial charge on any atom is -0.420 e. The summed E-state index contributed by atoms with van der Waals surface area (Å²) in [4.78, 5) is 24.3. The molecule has 1 amide bonds. The molecular weight excluding hydrogens is 480 g/mol. The maximum atomic E-state index is 12.4. The molecule has 0 aliphatic carbocycles. The van der Waals surface area contributed by atoms with E-state index in [9.17, 15) is 4.79 Å². The third-order valence-electron chi connectivity index (χ3n) is 7.38. The van der Waals surface area contributed by atoms with Crippen LogP contribution in [0.3, 0.4) is 0 Å². The van der Waals surface area contributed by atoms with Crippen molar-refractivity contribution in [3.63, 3.8) is 0 Å². The zero-order chi connectivity index (χ0) is 26.4. The van der Waals surface area contributed by atoms with Crippen molar-refractivity contribution in [3.05, 3.63) is 48.1 Å². The van der Waals surface area contributed by atoms with Crippen LogP contribution in [-0.2, 0) is 4.79 Å². The molecule has 1 aliphatic rings. The minimum atomic E-state index is 0.164. The first kappa shape index (κ1) is 24.3. The number of carbonyl (C=O) groups is 1. The Hall–Kier alpha value is -4.05. The smallest absolute Gasteiger partial charge is 0.247 e. The molecule has 0 unspecified atom stereocenters. The van der Waals surface area contributed by atoms with Gasteiger partial charge in [-0.15, -0.1) is 10.2 Å². The van der Waals surface area contributed by atoms with E-state index < -0.39 is 0 Å².